The first-order valence-electron chi connectivity index (χ1n) is 13.7. The van der Waals surface area contributed by atoms with E-state index in [-0.39, 0.29) is 17.4 Å². The normalized spacial score (nSPS) is 19.5. The number of alkyl carbamates (subject to hydrolysis) is 1. The smallest absolute Gasteiger partial charge is 0.427 e. The van der Waals surface area contributed by atoms with Crippen molar-refractivity contribution >= 4 is 40.4 Å². The van der Waals surface area contributed by atoms with E-state index in [1.54, 1.807) is 41.5 Å². The number of benzene rings is 1. The van der Waals surface area contributed by atoms with E-state index >= 15 is 4.39 Å². The number of aromatic nitrogens is 2. The molecule has 1 aromatic carbocycles. The van der Waals surface area contributed by atoms with Crippen LogP contribution >= 0.6 is 11.6 Å². The van der Waals surface area contributed by atoms with Crippen molar-refractivity contribution in [1.82, 2.24) is 14.6 Å². The van der Waals surface area contributed by atoms with Gasteiger partial charge in [-0.1, -0.05) is 11.6 Å². The number of hydrogen-bond acceptors (Lipinski definition) is 7. The number of amides is 2. The number of halogens is 5. The van der Waals surface area contributed by atoms with E-state index in [9.17, 15) is 32.3 Å². The first-order valence-corrected chi connectivity index (χ1v) is 14.0. The van der Waals surface area contributed by atoms with Crippen molar-refractivity contribution in [2.45, 2.75) is 77.8 Å². The number of carbonyl (C=O) groups excluding carboxylic acids is 2. The standard InChI is InChI=1S/C27H34ClF4N5O6/c1-25(2,3)42-22(39)33-10-13-11-35(12-16(13)27(30,31)32)20-17(29)9-15-19(18(20)28)36(14-7-8-14)24(41)37(21(15)38)34-23(40)43-26(4,5)6/h9,13-14,16H,7-8,10-12H2,1-6H3,(H,33,39)(H,34,40). The van der Waals surface area contributed by atoms with E-state index in [0.717, 1.165) is 15.5 Å². The summed E-state index contributed by atoms with van der Waals surface area (Å²) in [5.74, 6) is -4.23. The van der Waals surface area contributed by atoms with Crippen LogP contribution in [0.15, 0.2) is 15.7 Å². The molecule has 2 unspecified atom stereocenters. The highest BCUT2D eigenvalue weighted by Crippen LogP contribution is 2.45. The van der Waals surface area contributed by atoms with Gasteiger partial charge >= 0.3 is 24.1 Å². The third-order valence-corrected chi connectivity index (χ3v) is 7.20. The SMILES string of the molecule is CC(C)(C)OC(=O)NCC1CN(c2c(F)cc3c(=O)n(NC(=O)OC(C)(C)C)c(=O)n(C4CC4)c3c2Cl)CC1C(F)(F)F. The molecule has 2 fully saturated rings. The summed E-state index contributed by atoms with van der Waals surface area (Å²) in [4.78, 5) is 52.3. The molecule has 11 nitrogen and oxygen atoms in total. The zero-order valence-corrected chi connectivity index (χ0v) is 25.3. The molecule has 16 heteroatoms. The van der Waals surface area contributed by atoms with Crippen LogP contribution in [0.5, 0.6) is 0 Å². The predicted molar refractivity (Wildman–Crippen MR) is 151 cm³/mol. The minimum atomic E-state index is -4.69. The fraction of sp³-hybridized carbons (Fsp3) is 0.630. The lowest BCUT2D eigenvalue weighted by Gasteiger charge is -2.24. The summed E-state index contributed by atoms with van der Waals surface area (Å²) < 4.78 is 69.6. The zero-order valence-electron chi connectivity index (χ0n) is 24.5. The minimum Gasteiger partial charge on any atom is -0.444 e. The third-order valence-electron chi connectivity index (χ3n) is 6.84. The number of nitrogens with zero attached hydrogens (tertiary/aromatic N) is 3. The van der Waals surface area contributed by atoms with Crippen LogP contribution in [0, 0.1) is 17.7 Å². The average Bonchev–Trinajstić information content (AvgIpc) is 3.57. The van der Waals surface area contributed by atoms with E-state index in [2.05, 4.69) is 10.7 Å². The number of ether oxygens (including phenoxy) is 2. The van der Waals surface area contributed by atoms with Crippen molar-refractivity contribution in [3.63, 3.8) is 0 Å². The molecule has 2 atom stereocenters. The van der Waals surface area contributed by atoms with Crippen LogP contribution in [0.2, 0.25) is 5.02 Å². The number of carbonyl (C=O) groups is 2. The fourth-order valence-electron chi connectivity index (χ4n) is 5.02. The van der Waals surface area contributed by atoms with Crippen molar-refractivity contribution in [3.8, 4) is 0 Å². The Morgan fingerprint density at radius 2 is 1.58 bits per heavy atom. The van der Waals surface area contributed by atoms with Crippen molar-refractivity contribution in [2.24, 2.45) is 11.8 Å². The molecule has 238 valence electrons. The van der Waals surface area contributed by atoms with Crippen LogP contribution in [0.4, 0.5) is 32.8 Å². The number of fused-ring (bicyclic) bond motifs is 1. The Balaban J connectivity index is 1.75. The van der Waals surface area contributed by atoms with E-state index in [1.807, 2.05) is 0 Å². The second-order valence-electron chi connectivity index (χ2n) is 12.8. The molecule has 1 saturated heterocycles. The van der Waals surface area contributed by atoms with Gasteiger partial charge in [-0.05, 0) is 60.5 Å². The number of nitrogens with one attached hydrogen (secondary N) is 2. The van der Waals surface area contributed by atoms with Gasteiger partial charge in [-0.2, -0.15) is 17.8 Å². The molecule has 0 bridgehead atoms. The van der Waals surface area contributed by atoms with Crippen molar-refractivity contribution in [1.29, 1.82) is 0 Å². The van der Waals surface area contributed by atoms with Gasteiger partial charge in [-0.3, -0.25) is 9.36 Å². The highest BCUT2D eigenvalue weighted by atomic mass is 35.5. The number of alkyl halides is 3. The molecular formula is C27H34ClF4N5O6. The molecule has 2 aliphatic rings. The molecule has 1 aliphatic carbocycles. The summed E-state index contributed by atoms with van der Waals surface area (Å²) in [6, 6.07) is 0.352. The topological polar surface area (TPSA) is 124 Å². The van der Waals surface area contributed by atoms with Crippen molar-refractivity contribution in [3.05, 3.63) is 37.7 Å². The molecular weight excluding hydrogens is 602 g/mol. The predicted octanol–water partition coefficient (Wildman–Crippen LogP) is 4.91. The van der Waals surface area contributed by atoms with Crippen LogP contribution in [0.25, 0.3) is 10.9 Å². The Bertz CT molecular complexity index is 1560. The lowest BCUT2D eigenvalue weighted by molar-refractivity contribution is -0.178. The van der Waals surface area contributed by atoms with Gasteiger partial charge in [0, 0.05) is 31.6 Å². The van der Waals surface area contributed by atoms with Gasteiger partial charge in [-0.25, -0.2) is 24.2 Å². The minimum absolute atomic E-state index is 0.156. The van der Waals surface area contributed by atoms with Crippen LogP contribution in [0.3, 0.4) is 0 Å². The third kappa shape index (κ3) is 7.19. The van der Waals surface area contributed by atoms with Crippen LogP contribution in [0.1, 0.15) is 60.4 Å². The Morgan fingerprint density at radius 1 is 1.00 bits per heavy atom. The maximum Gasteiger partial charge on any atom is 0.427 e. The second-order valence-corrected chi connectivity index (χ2v) is 13.1. The van der Waals surface area contributed by atoms with Gasteiger partial charge < -0.3 is 19.7 Å². The lowest BCUT2D eigenvalue weighted by Crippen LogP contribution is -2.48. The van der Waals surface area contributed by atoms with Crippen LogP contribution < -0.4 is 26.9 Å². The largest absolute Gasteiger partial charge is 0.444 e. The zero-order chi connectivity index (χ0) is 32.2. The quantitative estimate of drug-likeness (QED) is 0.448. The summed E-state index contributed by atoms with van der Waals surface area (Å²) in [5.41, 5.74) is -2.36. The van der Waals surface area contributed by atoms with Crippen LogP contribution in [-0.2, 0) is 9.47 Å². The highest BCUT2D eigenvalue weighted by molar-refractivity contribution is 6.38. The lowest BCUT2D eigenvalue weighted by atomic mass is 9.95. The molecule has 1 aliphatic heterocycles. The van der Waals surface area contributed by atoms with Gasteiger partial charge in [-0.15, -0.1) is 0 Å². The summed E-state index contributed by atoms with van der Waals surface area (Å²) in [7, 11) is 0. The maximum absolute atomic E-state index is 15.7. The summed E-state index contributed by atoms with van der Waals surface area (Å²) in [6.07, 6.45) is -5.65. The molecule has 1 saturated carbocycles. The first-order chi connectivity index (χ1) is 19.7. The van der Waals surface area contributed by atoms with Crippen molar-refractivity contribution in [2.75, 3.05) is 30.0 Å². The molecule has 2 amide bonds. The van der Waals surface area contributed by atoms with E-state index < -0.39 is 88.3 Å². The molecule has 1 aromatic heterocycles. The maximum atomic E-state index is 15.7. The Labute approximate surface area is 249 Å². The highest BCUT2D eigenvalue weighted by Gasteiger charge is 2.50. The number of hydrogen-bond donors (Lipinski definition) is 2. The molecule has 0 spiro atoms. The van der Waals surface area contributed by atoms with Gasteiger partial charge in [0.2, 0.25) is 0 Å². The molecule has 2 heterocycles. The first kappa shape index (κ1) is 32.4. The van der Waals surface area contributed by atoms with Crippen LogP contribution in [-0.4, -0.2) is 58.4 Å². The second kappa shape index (κ2) is 11.2. The Kier molecular flexibility index (Phi) is 8.46. The Morgan fingerprint density at radius 3 is 2.12 bits per heavy atom. The van der Waals surface area contributed by atoms with Gasteiger partial charge in [0.15, 0.2) is 0 Å². The molecule has 2 aromatic rings. The number of anilines is 1. The van der Waals surface area contributed by atoms with Gasteiger partial charge in [0.05, 0.1) is 27.5 Å². The summed E-state index contributed by atoms with van der Waals surface area (Å²) in [5, 5.41) is 1.58. The molecule has 0 radical (unpaired) electrons. The molecule has 2 N–H and O–H groups in total. The van der Waals surface area contributed by atoms with Crippen molar-refractivity contribution < 1.29 is 36.6 Å². The summed E-state index contributed by atoms with van der Waals surface area (Å²) in [6.45, 7) is 8.13. The number of rotatable bonds is 5. The van der Waals surface area contributed by atoms with E-state index in [4.69, 9.17) is 21.1 Å². The average molecular weight is 636 g/mol. The molecule has 43 heavy (non-hydrogen) atoms. The monoisotopic (exact) mass is 635 g/mol. The van der Waals surface area contributed by atoms with Gasteiger partial charge in [0.25, 0.3) is 5.56 Å². The molecule has 4 rings (SSSR count). The summed E-state index contributed by atoms with van der Waals surface area (Å²) >= 11 is 6.63. The van der Waals surface area contributed by atoms with Gasteiger partial charge in [0.1, 0.15) is 17.0 Å². The fourth-order valence-corrected chi connectivity index (χ4v) is 5.42. The van der Waals surface area contributed by atoms with E-state index in [1.165, 1.54) is 0 Å². The Hall–Kier alpha value is -3.49. The van der Waals surface area contributed by atoms with E-state index in [0.29, 0.717) is 17.5 Å².